The number of methoxy groups -OCH3 is 2. The Morgan fingerprint density at radius 1 is 1.06 bits per heavy atom. The van der Waals surface area contributed by atoms with Crippen molar-refractivity contribution in [3.63, 3.8) is 0 Å². The topological polar surface area (TPSA) is 99.0 Å². The maximum Gasteiger partial charge on any atom is 0.279 e. The zero-order valence-corrected chi connectivity index (χ0v) is 20.7. The summed E-state index contributed by atoms with van der Waals surface area (Å²) in [7, 11) is -0.598. The van der Waals surface area contributed by atoms with Gasteiger partial charge in [0.15, 0.2) is 16.3 Å². The number of hydrogen-bond acceptors (Lipinski definition) is 6. The van der Waals surface area contributed by atoms with Crippen LogP contribution in [-0.2, 0) is 16.6 Å². The normalized spacial score (nSPS) is 11.9. The van der Waals surface area contributed by atoms with Crippen molar-refractivity contribution in [2.24, 2.45) is 4.99 Å². The summed E-state index contributed by atoms with van der Waals surface area (Å²) >= 11 is 1.34. The first kappa shape index (κ1) is 24.2. The van der Waals surface area contributed by atoms with Crippen molar-refractivity contribution >= 4 is 43.2 Å². The van der Waals surface area contributed by atoms with Gasteiger partial charge in [-0.15, -0.1) is 6.58 Å². The third-order valence-electron chi connectivity index (χ3n) is 5.13. The van der Waals surface area contributed by atoms with Crippen LogP contribution in [-0.4, -0.2) is 33.1 Å². The van der Waals surface area contributed by atoms with Gasteiger partial charge < -0.3 is 14.0 Å². The number of anilines is 1. The minimum absolute atomic E-state index is 0.153. The van der Waals surface area contributed by atoms with Gasteiger partial charge in [0.1, 0.15) is 0 Å². The summed E-state index contributed by atoms with van der Waals surface area (Å²) in [5.41, 5.74) is 1.50. The summed E-state index contributed by atoms with van der Waals surface area (Å²) in [5.74, 6) is 0.700. The second kappa shape index (κ2) is 10.2. The van der Waals surface area contributed by atoms with Gasteiger partial charge >= 0.3 is 0 Å². The molecule has 1 heterocycles. The fourth-order valence-corrected chi connectivity index (χ4v) is 5.56. The maximum atomic E-state index is 12.9. The number of fused-ring (bicyclic) bond motifs is 1. The first-order valence-corrected chi connectivity index (χ1v) is 12.8. The molecule has 1 amide bonds. The summed E-state index contributed by atoms with van der Waals surface area (Å²) < 4.78 is 41.1. The van der Waals surface area contributed by atoms with Crippen molar-refractivity contribution < 1.29 is 22.7 Å². The van der Waals surface area contributed by atoms with E-state index in [4.69, 9.17) is 9.47 Å². The Labute approximate surface area is 206 Å². The molecule has 0 aliphatic carbocycles. The minimum atomic E-state index is -3.72. The van der Waals surface area contributed by atoms with Gasteiger partial charge in [0, 0.05) is 29.9 Å². The summed E-state index contributed by atoms with van der Waals surface area (Å²) in [6.07, 6.45) is 1.72. The van der Waals surface area contributed by atoms with Crippen molar-refractivity contribution in [3.8, 4) is 11.5 Å². The third kappa shape index (κ3) is 5.13. The van der Waals surface area contributed by atoms with E-state index in [2.05, 4.69) is 16.3 Å². The number of allylic oxidation sites excluding steroid dienone is 1. The maximum absolute atomic E-state index is 12.9. The monoisotopic (exact) mass is 509 g/mol. The number of nitrogens with zero attached hydrogens (tertiary/aromatic N) is 2. The van der Waals surface area contributed by atoms with Crippen molar-refractivity contribution in [2.75, 3.05) is 18.9 Å². The molecule has 0 aliphatic heterocycles. The highest BCUT2D eigenvalue weighted by Gasteiger charge is 2.15. The fourth-order valence-electron chi connectivity index (χ4n) is 3.43. The van der Waals surface area contributed by atoms with Crippen molar-refractivity contribution in [1.29, 1.82) is 0 Å². The highest BCUT2D eigenvalue weighted by Crippen LogP contribution is 2.33. The van der Waals surface area contributed by atoms with E-state index in [1.807, 2.05) is 16.7 Å². The number of thiazole rings is 1. The highest BCUT2D eigenvalue weighted by molar-refractivity contribution is 7.92. The average Bonchev–Trinajstić information content (AvgIpc) is 3.19. The Bertz CT molecular complexity index is 1550. The minimum Gasteiger partial charge on any atom is -0.493 e. The number of amides is 1. The molecule has 0 fully saturated rings. The fraction of sp³-hybridized carbons (Fsp3) is 0.120. The molecule has 4 aromatic rings. The SMILES string of the molecule is C=CCn1c(=NC(=O)c2ccc(NS(=O)(=O)c3ccccc3)cc2)sc2cc(OC)c(OC)cc21. The number of aromatic nitrogens is 1. The lowest BCUT2D eigenvalue weighted by atomic mass is 10.2. The summed E-state index contributed by atoms with van der Waals surface area (Å²) in [4.78, 5) is 17.9. The van der Waals surface area contributed by atoms with Crippen LogP contribution in [0.2, 0.25) is 0 Å². The highest BCUT2D eigenvalue weighted by atomic mass is 32.2. The second-order valence-electron chi connectivity index (χ2n) is 7.37. The number of sulfonamides is 1. The van der Waals surface area contributed by atoms with Crippen molar-refractivity contribution in [3.05, 3.63) is 89.7 Å². The summed E-state index contributed by atoms with van der Waals surface area (Å²) in [6, 6.07) is 17.9. The number of carbonyl (C=O) groups is 1. The molecule has 8 nitrogen and oxygen atoms in total. The Morgan fingerprint density at radius 3 is 2.34 bits per heavy atom. The lowest BCUT2D eigenvalue weighted by molar-refractivity contribution is 0.0998. The molecule has 1 N–H and O–H groups in total. The number of hydrogen-bond donors (Lipinski definition) is 1. The van der Waals surface area contributed by atoms with Crippen LogP contribution >= 0.6 is 11.3 Å². The van der Waals surface area contributed by atoms with Crippen LogP contribution in [0.1, 0.15) is 10.4 Å². The van der Waals surface area contributed by atoms with Gasteiger partial charge in [-0.05, 0) is 36.4 Å². The van der Waals surface area contributed by atoms with E-state index in [0.717, 1.165) is 10.2 Å². The van der Waals surface area contributed by atoms with Crippen LogP contribution < -0.4 is 19.0 Å². The van der Waals surface area contributed by atoms with Crippen LogP contribution in [0.25, 0.3) is 10.2 Å². The standard InChI is InChI=1S/C25H23N3O5S2/c1-4-14-28-20-15-21(32-2)22(33-3)16-23(20)34-25(28)26-24(29)17-10-12-18(13-11-17)27-35(30,31)19-8-6-5-7-9-19/h4-13,15-16,27H,1,14H2,2-3H3. The molecule has 1 aromatic heterocycles. The van der Waals surface area contributed by atoms with Gasteiger partial charge in [0.25, 0.3) is 15.9 Å². The molecule has 0 saturated heterocycles. The molecule has 0 saturated carbocycles. The number of ether oxygens (including phenoxy) is 2. The molecular weight excluding hydrogens is 486 g/mol. The van der Waals surface area contributed by atoms with Crippen LogP contribution in [0.3, 0.4) is 0 Å². The molecule has 10 heteroatoms. The van der Waals surface area contributed by atoms with Crippen molar-refractivity contribution in [1.82, 2.24) is 4.57 Å². The van der Waals surface area contributed by atoms with Gasteiger partial charge in [-0.2, -0.15) is 4.99 Å². The molecule has 0 bridgehead atoms. The van der Waals surface area contributed by atoms with E-state index in [1.165, 1.54) is 47.7 Å². The Morgan fingerprint density at radius 2 is 1.71 bits per heavy atom. The Hall–Kier alpha value is -3.89. The Balaban J connectivity index is 1.65. The average molecular weight is 510 g/mol. The zero-order valence-electron chi connectivity index (χ0n) is 19.1. The van der Waals surface area contributed by atoms with E-state index in [0.29, 0.717) is 34.1 Å². The van der Waals surface area contributed by atoms with Gasteiger partial charge in [0.2, 0.25) is 0 Å². The number of nitrogens with one attached hydrogen (secondary N) is 1. The molecule has 4 rings (SSSR count). The van der Waals surface area contributed by atoms with Gasteiger partial charge in [0.05, 0.1) is 29.3 Å². The van der Waals surface area contributed by atoms with Crippen molar-refractivity contribution in [2.45, 2.75) is 11.4 Å². The number of carbonyl (C=O) groups excluding carboxylic acids is 1. The smallest absolute Gasteiger partial charge is 0.279 e. The molecule has 0 atom stereocenters. The summed E-state index contributed by atoms with van der Waals surface area (Å²) in [6.45, 7) is 4.25. The first-order valence-electron chi connectivity index (χ1n) is 10.5. The van der Waals surface area contributed by atoms with E-state index in [1.54, 1.807) is 38.5 Å². The van der Waals surface area contributed by atoms with Crippen LogP contribution in [0.5, 0.6) is 11.5 Å². The third-order valence-corrected chi connectivity index (χ3v) is 7.57. The molecule has 3 aromatic carbocycles. The second-order valence-corrected chi connectivity index (χ2v) is 10.1. The van der Waals surface area contributed by atoms with Crippen LogP contribution in [0.4, 0.5) is 5.69 Å². The number of benzene rings is 3. The largest absolute Gasteiger partial charge is 0.493 e. The molecule has 180 valence electrons. The lowest BCUT2D eigenvalue weighted by Crippen LogP contribution is -2.16. The zero-order chi connectivity index (χ0) is 25.0. The van der Waals surface area contributed by atoms with Gasteiger partial charge in [-0.25, -0.2) is 8.42 Å². The summed E-state index contributed by atoms with van der Waals surface area (Å²) in [5, 5.41) is 0. The predicted molar refractivity (Wildman–Crippen MR) is 137 cm³/mol. The molecule has 0 unspecified atom stereocenters. The first-order chi connectivity index (χ1) is 16.9. The Kier molecular flexibility index (Phi) is 7.04. The van der Waals surface area contributed by atoms with E-state index in [-0.39, 0.29) is 4.90 Å². The predicted octanol–water partition coefficient (Wildman–Crippen LogP) is 4.45. The van der Waals surface area contributed by atoms with E-state index >= 15 is 0 Å². The molecule has 35 heavy (non-hydrogen) atoms. The van der Waals surface area contributed by atoms with Crippen LogP contribution in [0.15, 0.2) is 89.3 Å². The molecule has 0 aliphatic rings. The van der Waals surface area contributed by atoms with E-state index in [9.17, 15) is 13.2 Å². The van der Waals surface area contributed by atoms with E-state index < -0.39 is 15.9 Å². The molecule has 0 radical (unpaired) electrons. The number of rotatable bonds is 8. The van der Waals surface area contributed by atoms with Gasteiger partial charge in [-0.3, -0.25) is 9.52 Å². The molecular formula is C25H23N3O5S2. The quantitative estimate of drug-likeness (QED) is 0.354. The molecule has 0 spiro atoms. The van der Waals surface area contributed by atoms with Crippen LogP contribution in [0, 0.1) is 0 Å². The van der Waals surface area contributed by atoms with Gasteiger partial charge in [-0.1, -0.05) is 35.6 Å². The lowest BCUT2D eigenvalue weighted by Gasteiger charge is -2.08.